The fraction of sp³-hybridized carbons (Fsp3) is 0.480. The van der Waals surface area contributed by atoms with E-state index >= 15 is 0 Å². The first-order valence-electron chi connectivity index (χ1n) is 11.7. The predicted molar refractivity (Wildman–Crippen MR) is 131 cm³/mol. The standard InChI is InChI=1S/C25H31N5O2S/c1-16-9-10-26-24(11-16)29-23-4-2-3-19(28-23)22-12-27-25(33-22)18-7-5-17(6-8-18)13-30-14-20(31)21(32)15-30/h2-4,9-12,17-18,20-21,31-32H,5-8,13-15H2,1H3,(H,26,28,29)/t17-,18-,20-,21+. The molecule has 8 heteroatoms. The van der Waals surface area contributed by atoms with Crippen molar-refractivity contribution in [2.24, 2.45) is 5.92 Å². The molecule has 3 aromatic heterocycles. The fourth-order valence-corrected chi connectivity index (χ4v) is 5.98. The van der Waals surface area contributed by atoms with Crippen molar-refractivity contribution >= 4 is 23.0 Å². The van der Waals surface area contributed by atoms with Gasteiger partial charge in [0.25, 0.3) is 0 Å². The van der Waals surface area contributed by atoms with E-state index in [0.717, 1.165) is 47.2 Å². The zero-order chi connectivity index (χ0) is 22.8. The van der Waals surface area contributed by atoms with Gasteiger partial charge in [0, 0.05) is 37.9 Å². The molecule has 5 rings (SSSR count). The Balaban J connectivity index is 1.19. The number of β-amino-alcohol motifs (C(OH)–C–C–N with tert-alkyl or cyclic N) is 2. The summed E-state index contributed by atoms with van der Waals surface area (Å²) in [5.74, 6) is 2.71. The Morgan fingerprint density at radius 2 is 1.82 bits per heavy atom. The molecule has 2 aliphatic rings. The van der Waals surface area contributed by atoms with Crippen LogP contribution in [0.15, 0.2) is 42.7 Å². The molecule has 1 saturated heterocycles. The lowest BCUT2D eigenvalue weighted by molar-refractivity contribution is 0.0572. The molecule has 4 heterocycles. The van der Waals surface area contributed by atoms with E-state index in [9.17, 15) is 10.2 Å². The number of hydrogen-bond acceptors (Lipinski definition) is 8. The topological polar surface area (TPSA) is 94.4 Å². The van der Waals surface area contributed by atoms with Gasteiger partial charge in [-0.05, 0) is 68.4 Å². The van der Waals surface area contributed by atoms with E-state index < -0.39 is 12.2 Å². The largest absolute Gasteiger partial charge is 0.389 e. The third kappa shape index (κ3) is 5.41. The van der Waals surface area contributed by atoms with Crippen LogP contribution in [0.3, 0.4) is 0 Å². The highest BCUT2D eigenvalue weighted by Gasteiger charge is 2.32. The van der Waals surface area contributed by atoms with Crippen molar-refractivity contribution in [3.63, 3.8) is 0 Å². The average Bonchev–Trinajstić information content (AvgIpc) is 3.41. The van der Waals surface area contributed by atoms with E-state index in [1.807, 2.05) is 43.5 Å². The molecule has 3 aromatic rings. The second-order valence-corrected chi connectivity index (χ2v) is 10.4. The number of aromatic nitrogens is 3. The van der Waals surface area contributed by atoms with Gasteiger partial charge < -0.3 is 15.5 Å². The number of aryl methyl sites for hydroxylation is 1. The summed E-state index contributed by atoms with van der Waals surface area (Å²) in [5, 5.41) is 24.0. The normalized spacial score (nSPS) is 25.9. The smallest absolute Gasteiger partial charge is 0.132 e. The van der Waals surface area contributed by atoms with Crippen LogP contribution in [-0.4, -0.2) is 61.9 Å². The van der Waals surface area contributed by atoms with Gasteiger partial charge in [0.05, 0.1) is 27.8 Å². The van der Waals surface area contributed by atoms with Crippen molar-refractivity contribution in [1.82, 2.24) is 19.9 Å². The molecule has 3 N–H and O–H groups in total. The molecular weight excluding hydrogens is 434 g/mol. The Kier molecular flexibility index (Phi) is 6.69. The van der Waals surface area contributed by atoms with Crippen LogP contribution in [0.2, 0.25) is 0 Å². The molecule has 174 valence electrons. The third-order valence-corrected chi connectivity index (χ3v) is 7.93. The number of nitrogens with zero attached hydrogens (tertiary/aromatic N) is 4. The second-order valence-electron chi connectivity index (χ2n) is 9.39. The van der Waals surface area contributed by atoms with E-state index in [-0.39, 0.29) is 0 Å². The summed E-state index contributed by atoms with van der Waals surface area (Å²) in [5.41, 5.74) is 2.08. The molecule has 0 radical (unpaired) electrons. The van der Waals surface area contributed by atoms with Crippen molar-refractivity contribution < 1.29 is 10.2 Å². The number of aliphatic hydroxyl groups excluding tert-OH is 2. The van der Waals surface area contributed by atoms with Crippen molar-refractivity contribution in [2.45, 2.75) is 50.7 Å². The molecule has 1 saturated carbocycles. The summed E-state index contributed by atoms with van der Waals surface area (Å²) in [6.07, 6.45) is 7.19. The Labute approximate surface area is 198 Å². The van der Waals surface area contributed by atoms with E-state index in [4.69, 9.17) is 9.97 Å². The summed E-state index contributed by atoms with van der Waals surface area (Å²) >= 11 is 1.75. The van der Waals surface area contributed by atoms with Crippen molar-refractivity contribution in [1.29, 1.82) is 0 Å². The molecule has 2 fully saturated rings. The van der Waals surface area contributed by atoms with Crippen LogP contribution in [0.4, 0.5) is 11.6 Å². The highest BCUT2D eigenvalue weighted by Crippen LogP contribution is 2.39. The maximum atomic E-state index is 9.78. The highest BCUT2D eigenvalue weighted by molar-refractivity contribution is 7.15. The van der Waals surface area contributed by atoms with Gasteiger partial charge in [-0.3, -0.25) is 4.90 Å². The quantitative estimate of drug-likeness (QED) is 0.507. The molecule has 7 nitrogen and oxygen atoms in total. The van der Waals surface area contributed by atoms with Crippen LogP contribution in [0.5, 0.6) is 0 Å². The predicted octanol–water partition coefficient (Wildman–Crippen LogP) is 3.96. The molecule has 0 spiro atoms. The Hall–Kier alpha value is -2.39. The molecule has 2 atom stereocenters. The summed E-state index contributed by atoms with van der Waals surface area (Å²) < 4.78 is 0. The van der Waals surface area contributed by atoms with Crippen LogP contribution in [0, 0.1) is 12.8 Å². The van der Waals surface area contributed by atoms with Gasteiger partial charge in [-0.1, -0.05) is 6.07 Å². The summed E-state index contributed by atoms with van der Waals surface area (Å²) in [6, 6.07) is 9.97. The molecule has 1 aliphatic carbocycles. The van der Waals surface area contributed by atoms with Crippen LogP contribution in [-0.2, 0) is 0 Å². The number of aliphatic hydroxyl groups is 2. The lowest BCUT2D eigenvalue weighted by Gasteiger charge is -2.30. The Bertz CT molecular complexity index is 1070. The third-order valence-electron chi connectivity index (χ3n) is 6.74. The van der Waals surface area contributed by atoms with Crippen LogP contribution >= 0.6 is 11.3 Å². The van der Waals surface area contributed by atoms with Crippen molar-refractivity contribution in [3.8, 4) is 10.6 Å². The van der Waals surface area contributed by atoms with Gasteiger partial charge in [0.15, 0.2) is 0 Å². The minimum Gasteiger partial charge on any atom is -0.389 e. The molecule has 1 aliphatic heterocycles. The number of hydrogen-bond donors (Lipinski definition) is 3. The first-order valence-corrected chi connectivity index (χ1v) is 12.6. The number of nitrogens with one attached hydrogen (secondary N) is 1. The van der Waals surface area contributed by atoms with E-state index in [2.05, 4.69) is 15.2 Å². The fourth-order valence-electron chi connectivity index (χ4n) is 4.93. The maximum absolute atomic E-state index is 9.78. The summed E-state index contributed by atoms with van der Waals surface area (Å²) in [6.45, 7) is 4.21. The number of likely N-dealkylation sites (tertiary alicyclic amines) is 1. The molecule has 33 heavy (non-hydrogen) atoms. The lowest BCUT2D eigenvalue weighted by Crippen LogP contribution is -2.30. The molecule has 0 bridgehead atoms. The van der Waals surface area contributed by atoms with E-state index in [0.29, 0.717) is 24.9 Å². The first kappa shape index (κ1) is 22.4. The van der Waals surface area contributed by atoms with Gasteiger partial charge in [0.1, 0.15) is 11.6 Å². The number of thiazole rings is 1. The zero-order valence-corrected chi connectivity index (χ0v) is 19.7. The average molecular weight is 466 g/mol. The summed E-state index contributed by atoms with van der Waals surface area (Å²) in [4.78, 5) is 17.2. The van der Waals surface area contributed by atoms with E-state index in [1.54, 1.807) is 17.5 Å². The minimum absolute atomic E-state index is 0.507. The molecule has 0 aromatic carbocycles. The number of anilines is 2. The van der Waals surface area contributed by atoms with Gasteiger partial charge >= 0.3 is 0 Å². The van der Waals surface area contributed by atoms with Crippen LogP contribution in [0.25, 0.3) is 10.6 Å². The van der Waals surface area contributed by atoms with Crippen LogP contribution in [0.1, 0.15) is 42.2 Å². The Morgan fingerprint density at radius 3 is 2.58 bits per heavy atom. The molecule has 0 unspecified atom stereocenters. The Morgan fingerprint density at radius 1 is 1.03 bits per heavy atom. The van der Waals surface area contributed by atoms with Gasteiger partial charge in [-0.25, -0.2) is 15.0 Å². The SMILES string of the molecule is Cc1ccnc(Nc2cccc(-c3cnc([C@H]4CC[C@H](CN5C[C@@H](O)[C@@H](O)C5)CC4)s3)n2)c1. The monoisotopic (exact) mass is 465 g/mol. The zero-order valence-electron chi connectivity index (χ0n) is 18.9. The molecular formula is C25H31N5O2S. The minimum atomic E-state index is -0.592. The second kappa shape index (κ2) is 9.85. The van der Waals surface area contributed by atoms with Crippen molar-refractivity contribution in [2.75, 3.05) is 25.0 Å². The highest BCUT2D eigenvalue weighted by atomic mass is 32.1. The van der Waals surface area contributed by atoms with E-state index in [1.165, 1.54) is 17.8 Å². The van der Waals surface area contributed by atoms with Gasteiger partial charge in [0.2, 0.25) is 0 Å². The van der Waals surface area contributed by atoms with Gasteiger partial charge in [-0.15, -0.1) is 11.3 Å². The van der Waals surface area contributed by atoms with Crippen LogP contribution < -0.4 is 5.32 Å². The van der Waals surface area contributed by atoms with Gasteiger partial charge in [-0.2, -0.15) is 0 Å². The lowest BCUT2D eigenvalue weighted by atomic mass is 9.82. The number of rotatable bonds is 6. The first-order chi connectivity index (χ1) is 16.0. The van der Waals surface area contributed by atoms with Crippen molar-refractivity contribution in [3.05, 3.63) is 53.3 Å². The maximum Gasteiger partial charge on any atom is 0.132 e. The number of pyridine rings is 2. The molecule has 0 amide bonds. The summed E-state index contributed by atoms with van der Waals surface area (Å²) in [7, 11) is 0.